The SMILES string of the molecule is Cc1ccc(N2N=C3CCNCC3C2=O)cc1. The highest BCUT2D eigenvalue weighted by Gasteiger charge is 2.37. The average Bonchev–Trinajstić information content (AvgIpc) is 2.69. The largest absolute Gasteiger partial charge is 0.315 e. The molecule has 1 atom stereocenters. The van der Waals surface area contributed by atoms with E-state index in [-0.39, 0.29) is 11.8 Å². The number of nitrogens with zero attached hydrogens (tertiary/aromatic N) is 2. The number of anilines is 1. The lowest BCUT2D eigenvalue weighted by Gasteiger charge is -2.18. The van der Waals surface area contributed by atoms with Crippen molar-refractivity contribution < 1.29 is 4.79 Å². The van der Waals surface area contributed by atoms with E-state index in [9.17, 15) is 4.79 Å². The first-order valence-corrected chi connectivity index (χ1v) is 5.94. The Hall–Kier alpha value is -1.68. The van der Waals surface area contributed by atoms with Gasteiger partial charge in [0, 0.05) is 19.5 Å². The zero-order chi connectivity index (χ0) is 11.8. The quantitative estimate of drug-likeness (QED) is 0.789. The summed E-state index contributed by atoms with van der Waals surface area (Å²) in [6.45, 7) is 3.68. The van der Waals surface area contributed by atoms with Gasteiger partial charge in [0.05, 0.1) is 17.3 Å². The van der Waals surface area contributed by atoms with Crippen molar-refractivity contribution in [3.8, 4) is 0 Å². The third-order valence-corrected chi connectivity index (χ3v) is 3.32. The van der Waals surface area contributed by atoms with Crippen LogP contribution in [0.5, 0.6) is 0 Å². The fraction of sp³-hybridized carbons (Fsp3) is 0.385. The molecule has 0 aliphatic carbocycles. The maximum atomic E-state index is 12.2. The summed E-state index contributed by atoms with van der Waals surface area (Å²) in [5, 5.41) is 9.24. The molecule has 1 aromatic rings. The van der Waals surface area contributed by atoms with E-state index in [1.54, 1.807) is 5.01 Å². The summed E-state index contributed by atoms with van der Waals surface area (Å²) < 4.78 is 0. The smallest absolute Gasteiger partial charge is 0.257 e. The molecule has 2 heterocycles. The number of fused-ring (bicyclic) bond motifs is 1. The molecule has 4 nitrogen and oxygen atoms in total. The van der Waals surface area contributed by atoms with Crippen molar-refractivity contribution in [1.29, 1.82) is 0 Å². The van der Waals surface area contributed by atoms with Crippen molar-refractivity contribution in [1.82, 2.24) is 5.32 Å². The Morgan fingerprint density at radius 3 is 2.82 bits per heavy atom. The van der Waals surface area contributed by atoms with Gasteiger partial charge in [0.2, 0.25) is 0 Å². The van der Waals surface area contributed by atoms with Gasteiger partial charge in [0.15, 0.2) is 0 Å². The zero-order valence-electron chi connectivity index (χ0n) is 9.81. The standard InChI is InChI=1S/C13H15N3O/c1-9-2-4-10(5-3-9)16-13(17)11-8-14-7-6-12(11)15-16/h2-5,11,14H,6-8H2,1H3. The second kappa shape index (κ2) is 3.96. The number of hydrogen-bond donors (Lipinski definition) is 1. The minimum absolute atomic E-state index is 0.0509. The molecule has 2 aliphatic rings. The lowest BCUT2D eigenvalue weighted by atomic mass is 9.97. The predicted octanol–water partition coefficient (Wildman–Crippen LogP) is 1.31. The second-order valence-corrected chi connectivity index (χ2v) is 4.58. The highest BCUT2D eigenvalue weighted by atomic mass is 16.2. The van der Waals surface area contributed by atoms with E-state index in [0.29, 0.717) is 0 Å². The number of hydrazone groups is 1. The normalized spacial score (nSPS) is 23.6. The van der Waals surface area contributed by atoms with Gasteiger partial charge in [-0.15, -0.1) is 0 Å². The van der Waals surface area contributed by atoms with Gasteiger partial charge in [-0.25, -0.2) is 5.01 Å². The van der Waals surface area contributed by atoms with Crippen molar-refractivity contribution in [2.75, 3.05) is 18.1 Å². The number of nitrogens with one attached hydrogen (secondary N) is 1. The van der Waals surface area contributed by atoms with Crippen LogP contribution >= 0.6 is 0 Å². The summed E-state index contributed by atoms with van der Waals surface area (Å²) in [6.07, 6.45) is 0.874. The van der Waals surface area contributed by atoms with Crippen molar-refractivity contribution in [2.45, 2.75) is 13.3 Å². The van der Waals surface area contributed by atoms with Gasteiger partial charge in [-0.3, -0.25) is 4.79 Å². The Bertz CT molecular complexity index is 478. The Morgan fingerprint density at radius 1 is 1.35 bits per heavy atom. The van der Waals surface area contributed by atoms with Crippen molar-refractivity contribution in [3.63, 3.8) is 0 Å². The molecule has 1 unspecified atom stereocenters. The number of carbonyl (C=O) groups is 1. The van der Waals surface area contributed by atoms with Crippen LogP contribution in [0.4, 0.5) is 5.69 Å². The maximum Gasteiger partial charge on any atom is 0.257 e. The third-order valence-electron chi connectivity index (χ3n) is 3.32. The van der Waals surface area contributed by atoms with Crippen LogP contribution in [0.2, 0.25) is 0 Å². The van der Waals surface area contributed by atoms with E-state index >= 15 is 0 Å². The van der Waals surface area contributed by atoms with Gasteiger partial charge in [0.25, 0.3) is 5.91 Å². The van der Waals surface area contributed by atoms with E-state index in [2.05, 4.69) is 10.4 Å². The van der Waals surface area contributed by atoms with E-state index < -0.39 is 0 Å². The first kappa shape index (κ1) is 10.5. The molecule has 1 fully saturated rings. The number of benzene rings is 1. The Balaban J connectivity index is 1.92. The Labute approximate surface area is 100 Å². The van der Waals surface area contributed by atoms with Crippen LogP contribution in [0.15, 0.2) is 29.4 Å². The fourth-order valence-corrected chi connectivity index (χ4v) is 2.30. The van der Waals surface area contributed by atoms with Crippen LogP contribution in [0.3, 0.4) is 0 Å². The number of amides is 1. The fourth-order valence-electron chi connectivity index (χ4n) is 2.30. The molecule has 1 N–H and O–H groups in total. The zero-order valence-corrected chi connectivity index (χ0v) is 9.81. The van der Waals surface area contributed by atoms with Crippen LogP contribution in [-0.2, 0) is 4.79 Å². The molecular weight excluding hydrogens is 214 g/mol. The highest BCUT2D eigenvalue weighted by molar-refractivity contribution is 6.16. The van der Waals surface area contributed by atoms with Crippen LogP contribution in [0.1, 0.15) is 12.0 Å². The van der Waals surface area contributed by atoms with Crippen molar-refractivity contribution in [2.24, 2.45) is 11.0 Å². The van der Waals surface area contributed by atoms with Gasteiger partial charge < -0.3 is 5.32 Å². The molecule has 0 aromatic heterocycles. The van der Waals surface area contributed by atoms with E-state index in [0.717, 1.165) is 30.9 Å². The van der Waals surface area contributed by atoms with Crippen LogP contribution in [0.25, 0.3) is 0 Å². The number of piperidine rings is 1. The lowest BCUT2D eigenvalue weighted by Crippen LogP contribution is -2.40. The topological polar surface area (TPSA) is 44.7 Å². The summed E-state index contributed by atoms with van der Waals surface area (Å²) in [5.74, 6) is 0.0427. The minimum Gasteiger partial charge on any atom is -0.315 e. The number of hydrogen-bond acceptors (Lipinski definition) is 3. The molecule has 4 heteroatoms. The molecule has 17 heavy (non-hydrogen) atoms. The molecule has 1 amide bonds. The van der Waals surface area contributed by atoms with Crippen LogP contribution in [0, 0.1) is 12.8 Å². The molecule has 0 bridgehead atoms. The van der Waals surface area contributed by atoms with Crippen molar-refractivity contribution in [3.05, 3.63) is 29.8 Å². The first-order valence-electron chi connectivity index (χ1n) is 5.94. The van der Waals surface area contributed by atoms with Crippen LogP contribution in [-0.4, -0.2) is 24.7 Å². The second-order valence-electron chi connectivity index (χ2n) is 4.58. The maximum absolute atomic E-state index is 12.2. The molecule has 88 valence electrons. The highest BCUT2D eigenvalue weighted by Crippen LogP contribution is 2.26. The summed E-state index contributed by atoms with van der Waals surface area (Å²) >= 11 is 0. The molecule has 1 saturated heterocycles. The molecule has 0 radical (unpaired) electrons. The molecule has 3 rings (SSSR count). The van der Waals surface area contributed by atoms with Crippen molar-refractivity contribution >= 4 is 17.3 Å². The predicted molar refractivity (Wildman–Crippen MR) is 67.1 cm³/mol. The van der Waals surface area contributed by atoms with E-state index in [1.165, 1.54) is 5.56 Å². The Morgan fingerprint density at radius 2 is 2.12 bits per heavy atom. The van der Waals surface area contributed by atoms with E-state index in [1.807, 2.05) is 31.2 Å². The Kier molecular flexibility index (Phi) is 2.44. The first-order chi connectivity index (χ1) is 8.25. The monoisotopic (exact) mass is 229 g/mol. The van der Waals surface area contributed by atoms with Gasteiger partial charge >= 0.3 is 0 Å². The number of aryl methyl sites for hydroxylation is 1. The summed E-state index contributed by atoms with van der Waals surface area (Å²) in [4.78, 5) is 12.2. The molecular formula is C13H15N3O. The lowest BCUT2D eigenvalue weighted by molar-refractivity contribution is -0.119. The third kappa shape index (κ3) is 1.74. The average molecular weight is 229 g/mol. The molecule has 2 aliphatic heterocycles. The van der Waals surface area contributed by atoms with Gasteiger partial charge in [-0.1, -0.05) is 17.7 Å². The molecule has 0 spiro atoms. The summed E-state index contributed by atoms with van der Waals surface area (Å²) in [5.41, 5.74) is 3.07. The minimum atomic E-state index is -0.0509. The van der Waals surface area contributed by atoms with E-state index in [4.69, 9.17) is 0 Å². The summed E-state index contributed by atoms with van der Waals surface area (Å²) in [6, 6.07) is 7.90. The van der Waals surface area contributed by atoms with Gasteiger partial charge in [-0.2, -0.15) is 5.10 Å². The number of carbonyl (C=O) groups excluding carboxylic acids is 1. The number of rotatable bonds is 1. The molecule has 0 saturated carbocycles. The van der Waals surface area contributed by atoms with Crippen LogP contribution < -0.4 is 10.3 Å². The summed E-state index contributed by atoms with van der Waals surface area (Å²) in [7, 11) is 0. The molecule has 1 aromatic carbocycles. The van der Waals surface area contributed by atoms with Gasteiger partial charge in [0.1, 0.15) is 0 Å². The van der Waals surface area contributed by atoms with Gasteiger partial charge in [-0.05, 0) is 19.1 Å².